The molecule has 0 saturated heterocycles. The van der Waals surface area contributed by atoms with Crippen LogP contribution in [0.25, 0.3) is 33.1 Å². The summed E-state index contributed by atoms with van der Waals surface area (Å²) in [5.74, 6) is 0.106. The van der Waals surface area contributed by atoms with Gasteiger partial charge in [0.05, 0.1) is 22.8 Å². The number of H-pyrrole nitrogens is 1. The van der Waals surface area contributed by atoms with Crippen molar-refractivity contribution in [3.05, 3.63) is 48.7 Å². The Morgan fingerprint density at radius 1 is 1.13 bits per heavy atom. The van der Waals surface area contributed by atoms with Crippen LogP contribution in [0.2, 0.25) is 0 Å². The molecule has 1 saturated carbocycles. The number of anilines is 1. The van der Waals surface area contributed by atoms with Crippen LogP contribution < -0.4 is 10.6 Å². The highest BCUT2D eigenvalue weighted by Gasteiger charge is 2.27. The van der Waals surface area contributed by atoms with E-state index < -0.39 is 6.09 Å². The zero-order chi connectivity index (χ0) is 21.4. The third-order valence-electron chi connectivity index (χ3n) is 5.77. The number of carboxylic acid groups (broad SMARTS) is 1. The minimum atomic E-state index is -1.03. The van der Waals surface area contributed by atoms with E-state index in [0.29, 0.717) is 22.7 Å². The number of fused-ring (bicyclic) bond motifs is 2. The van der Waals surface area contributed by atoms with E-state index in [1.165, 1.54) is 6.07 Å². The predicted molar refractivity (Wildman–Crippen MR) is 115 cm³/mol. The molecule has 4 aromatic rings. The zero-order valence-electron chi connectivity index (χ0n) is 16.6. The molecular weight excluding hydrogens is 399 g/mol. The summed E-state index contributed by atoms with van der Waals surface area (Å²) < 4.78 is 14.2. The van der Waals surface area contributed by atoms with E-state index >= 15 is 0 Å². The Balaban J connectivity index is 1.52. The van der Waals surface area contributed by atoms with Crippen LogP contribution in [0.1, 0.15) is 25.7 Å². The average molecular weight is 420 g/mol. The zero-order valence-corrected chi connectivity index (χ0v) is 16.6. The van der Waals surface area contributed by atoms with Gasteiger partial charge >= 0.3 is 6.09 Å². The summed E-state index contributed by atoms with van der Waals surface area (Å²) in [5.41, 5.74) is 2.57. The summed E-state index contributed by atoms with van der Waals surface area (Å²) in [4.78, 5) is 27.6. The number of rotatable bonds is 4. The molecule has 0 bridgehead atoms. The van der Waals surface area contributed by atoms with Gasteiger partial charge in [0.25, 0.3) is 0 Å². The Morgan fingerprint density at radius 2 is 1.97 bits per heavy atom. The molecule has 1 aliphatic carbocycles. The van der Waals surface area contributed by atoms with Crippen molar-refractivity contribution in [1.29, 1.82) is 0 Å². The van der Waals surface area contributed by atoms with Crippen LogP contribution in [0.3, 0.4) is 0 Å². The van der Waals surface area contributed by atoms with Gasteiger partial charge in [-0.1, -0.05) is 25.0 Å². The Morgan fingerprint density at radius 3 is 2.77 bits per heavy atom. The molecule has 3 heterocycles. The minimum absolute atomic E-state index is 0.0882. The second-order valence-electron chi connectivity index (χ2n) is 7.80. The van der Waals surface area contributed by atoms with E-state index in [1.54, 1.807) is 24.7 Å². The molecule has 3 aromatic heterocycles. The number of hydrogen-bond donors (Lipinski definition) is 4. The van der Waals surface area contributed by atoms with Crippen molar-refractivity contribution in [3.8, 4) is 11.3 Å². The summed E-state index contributed by atoms with van der Waals surface area (Å²) in [7, 11) is 0. The van der Waals surface area contributed by atoms with Crippen LogP contribution in [-0.4, -0.2) is 43.2 Å². The van der Waals surface area contributed by atoms with Crippen LogP contribution in [-0.2, 0) is 0 Å². The molecule has 5 rings (SSSR count). The summed E-state index contributed by atoms with van der Waals surface area (Å²) in [5, 5.41) is 16.5. The number of aromatic nitrogens is 4. The maximum Gasteiger partial charge on any atom is 0.404 e. The van der Waals surface area contributed by atoms with Crippen LogP contribution in [0.15, 0.2) is 42.9 Å². The molecule has 158 valence electrons. The summed E-state index contributed by atoms with van der Waals surface area (Å²) in [6, 6.07) is 6.52. The van der Waals surface area contributed by atoms with E-state index in [1.807, 2.05) is 12.1 Å². The monoisotopic (exact) mass is 420 g/mol. The van der Waals surface area contributed by atoms with Crippen LogP contribution in [0, 0.1) is 5.82 Å². The normalized spacial score (nSPS) is 18.9. The number of amides is 1. The highest BCUT2D eigenvalue weighted by molar-refractivity contribution is 5.95. The van der Waals surface area contributed by atoms with Gasteiger partial charge < -0.3 is 20.7 Å². The van der Waals surface area contributed by atoms with Gasteiger partial charge in [-0.3, -0.25) is 4.98 Å². The first-order valence-corrected chi connectivity index (χ1v) is 10.2. The van der Waals surface area contributed by atoms with Gasteiger partial charge in [0.1, 0.15) is 5.82 Å². The smallest absolute Gasteiger partial charge is 0.404 e. The number of benzene rings is 1. The maximum absolute atomic E-state index is 14.2. The van der Waals surface area contributed by atoms with Gasteiger partial charge in [-0.15, -0.1) is 0 Å². The lowest BCUT2D eigenvalue weighted by atomic mass is 9.90. The van der Waals surface area contributed by atoms with E-state index in [-0.39, 0.29) is 17.9 Å². The van der Waals surface area contributed by atoms with Crippen molar-refractivity contribution in [2.45, 2.75) is 37.8 Å². The lowest BCUT2D eigenvalue weighted by Gasteiger charge is -2.31. The molecule has 1 aliphatic rings. The Bertz CT molecular complexity index is 1270. The molecule has 0 aliphatic heterocycles. The van der Waals surface area contributed by atoms with Gasteiger partial charge in [0.2, 0.25) is 5.95 Å². The number of nitrogens with zero attached hydrogens (tertiary/aromatic N) is 3. The number of para-hydroxylation sites is 1. The topological polar surface area (TPSA) is 116 Å². The summed E-state index contributed by atoms with van der Waals surface area (Å²) in [6.07, 6.45) is 7.63. The number of aromatic amines is 1. The highest BCUT2D eigenvalue weighted by Crippen LogP contribution is 2.30. The molecule has 0 spiro atoms. The van der Waals surface area contributed by atoms with Crippen molar-refractivity contribution >= 4 is 33.8 Å². The van der Waals surface area contributed by atoms with E-state index in [0.717, 1.165) is 42.0 Å². The van der Waals surface area contributed by atoms with Gasteiger partial charge in [-0.05, 0) is 25.0 Å². The van der Waals surface area contributed by atoms with Gasteiger partial charge in [0, 0.05) is 41.0 Å². The van der Waals surface area contributed by atoms with Crippen molar-refractivity contribution in [3.63, 3.8) is 0 Å². The fourth-order valence-electron chi connectivity index (χ4n) is 4.29. The molecule has 1 aromatic carbocycles. The fourth-order valence-corrected chi connectivity index (χ4v) is 4.29. The number of pyridine rings is 1. The van der Waals surface area contributed by atoms with Crippen LogP contribution in [0.5, 0.6) is 0 Å². The Hall–Kier alpha value is -3.75. The van der Waals surface area contributed by atoms with Gasteiger partial charge in [-0.2, -0.15) is 0 Å². The molecule has 4 N–H and O–H groups in total. The molecule has 0 radical (unpaired) electrons. The number of halogens is 1. The maximum atomic E-state index is 14.2. The SMILES string of the molecule is O=C(O)N[C@H]1CCCC[C@H]1Nc1ncc2cncc(-c3cc4cccc(F)c4[nH]3)c2n1. The number of nitrogens with one attached hydrogen (secondary N) is 3. The lowest BCUT2D eigenvalue weighted by Crippen LogP contribution is -2.48. The third kappa shape index (κ3) is 3.74. The van der Waals surface area contributed by atoms with Crippen LogP contribution in [0.4, 0.5) is 15.1 Å². The molecule has 1 fully saturated rings. The van der Waals surface area contributed by atoms with Crippen LogP contribution >= 0.6 is 0 Å². The van der Waals surface area contributed by atoms with Crippen molar-refractivity contribution < 1.29 is 14.3 Å². The quantitative estimate of drug-likeness (QED) is 0.391. The molecular formula is C22H21FN6O2. The molecule has 8 nitrogen and oxygen atoms in total. The molecule has 31 heavy (non-hydrogen) atoms. The van der Waals surface area contributed by atoms with Gasteiger partial charge in [-0.25, -0.2) is 19.2 Å². The predicted octanol–water partition coefficient (Wildman–Crippen LogP) is 4.30. The highest BCUT2D eigenvalue weighted by atomic mass is 19.1. The summed E-state index contributed by atoms with van der Waals surface area (Å²) in [6.45, 7) is 0. The average Bonchev–Trinajstić information content (AvgIpc) is 3.20. The van der Waals surface area contributed by atoms with Crippen molar-refractivity contribution in [1.82, 2.24) is 25.3 Å². The molecule has 1 amide bonds. The Labute approximate surface area is 176 Å². The standard InChI is InChI=1S/C22H21FN6O2/c23-15-5-3-4-12-8-18(26-20(12)15)14-11-24-9-13-10-25-21(29-19(13)14)27-16-6-1-2-7-17(16)28-22(30)31/h3-5,8-11,16-17,26,28H,1-2,6-7H2,(H,30,31)(H,25,27,29)/t16-,17+/m1/s1. The van der Waals surface area contributed by atoms with E-state index in [9.17, 15) is 9.18 Å². The lowest BCUT2D eigenvalue weighted by molar-refractivity contribution is 0.184. The molecule has 0 unspecified atom stereocenters. The first-order chi connectivity index (χ1) is 15.1. The first-order valence-electron chi connectivity index (χ1n) is 10.2. The first kappa shape index (κ1) is 19.2. The summed E-state index contributed by atoms with van der Waals surface area (Å²) >= 11 is 0. The molecule has 2 atom stereocenters. The van der Waals surface area contributed by atoms with Crippen molar-refractivity contribution in [2.75, 3.05) is 5.32 Å². The fraction of sp³-hybridized carbons (Fsp3) is 0.273. The largest absolute Gasteiger partial charge is 0.465 e. The van der Waals surface area contributed by atoms with Gasteiger partial charge in [0.15, 0.2) is 0 Å². The number of carbonyl (C=O) groups is 1. The minimum Gasteiger partial charge on any atom is -0.465 e. The van der Waals surface area contributed by atoms with E-state index in [4.69, 9.17) is 10.1 Å². The number of hydrogen-bond acceptors (Lipinski definition) is 5. The third-order valence-corrected chi connectivity index (χ3v) is 5.77. The van der Waals surface area contributed by atoms with E-state index in [2.05, 4.69) is 25.6 Å². The second kappa shape index (κ2) is 7.82. The molecule has 9 heteroatoms. The Kier molecular flexibility index (Phi) is 4.85. The van der Waals surface area contributed by atoms with Crippen molar-refractivity contribution in [2.24, 2.45) is 0 Å². The second-order valence-corrected chi connectivity index (χ2v) is 7.80.